The molecular weight excluding hydrogens is 1630 g/mol. The Kier molecular flexibility index (Phi) is 30.1. The van der Waals surface area contributed by atoms with E-state index >= 15 is 0 Å². The second-order valence-corrected chi connectivity index (χ2v) is 39.0. The standard InChI is InChI=1S/C86H108ClF3N14O11S4/c1-58(60-17-19-62(20-18-60)78-59(2)92-57-117-78)93-82(109)74-50-68(105)54-104(74)83(110)79(84(3,4)5)95-77(106)16-11-8-12-36-91-81(108)73-31-32-76(97-96-73)103-45-41-101(42-46-103)56-85(6)35-33-71(61-21-25-65(87)26-22-61)64(52-85)53-100-39-43-102(44-40-100)67-27-23-63(24-28-67)80(107)98-119(113,114)70-29-30-72(75(51-70)118(111,112)86(88,89)90)94-66(55-116-69-14-9-7-10-15-69)34-38-99-37-13-48-115-49-47-99/h7,9-10,14-15,17-32,51,57-58,66,68,74,79,94,105H,8,11-13,16,33-50,52-56H2,1-6H3,(H,91,108)(H,93,109)(H,95,106)(H,98,107)/t58-,66+,68+,74-,79+,85+/m0/s1. The molecule has 5 aliphatic rings. The number of halogens is 4. The van der Waals surface area contributed by atoms with Gasteiger partial charge in [-0.2, -0.15) is 13.2 Å². The zero-order valence-electron chi connectivity index (χ0n) is 68.2. The number of amides is 5. The van der Waals surface area contributed by atoms with Crippen molar-refractivity contribution in [2.45, 2.75) is 156 Å². The molecule has 119 heavy (non-hydrogen) atoms. The number of sulfonamides is 1. The average molecular weight is 1730 g/mol. The number of unbranched alkanes of at least 4 members (excludes halogenated alkanes) is 2. The van der Waals surface area contributed by atoms with Crippen LogP contribution >= 0.6 is 34.7 Å². The lowest BCUT2D eigenvalue weighted by Gasteiger charge is -2.44. The van der Waals surface area contributed by atoms with E-state index in [-0.39, 0.29) is 59.8 Å². The van der Waals surface area contributed by atoms with E-state index in [9.17, 15) is 59.1 Å². The predicted molar refractivity (Wildman–Crippen MR) is 459 cm³/mol. The molecule has 4 fully saturated rings. The van der Waals surface area contributed by atoms with Crippen molar-refractivity contribution < 1.29 is 63.8 Å². The number of benzene rings is 5. The molecule has 6 atom stereocenters. The summed E-state index contributed by atoms with van der Waals surface area (Å²) in [6.45, 7) is 22.7. The number of aromatic nitrogens is 3. The number of aliphatic hydroxyl groups is 1. The van der Waals surface area contributed by atoms with Crippen LogP contribution in [0.5, 0.6) is 0 Å². The smallest absolute Gasteiger partial charge is 0.391 e. The number of nitrogens with zero attached hydrogens (tertiary/aromatic N) is 9. The molecule has 12 rings (SSSR count). The minimum absolute atomic E-state index is 0.0250. The van der Waals surface area contributed by atoms with Crippen molar-refractivity contribution in [3.8, 4) is 10.4 Å². The highest BCUT2D eigenvalue weighted by Gasteiger charge is 2.49. The van der Waals surface area contributed by atoms with Gasteiger partial charge in [0.25, 0.3) is 31.7 Å². The Hall–Kier alpha value is -8.57. The number of sulfone groups is 1. The first-order valence-electron chi connectivity index (χ1n) is 40.8. The molecule has 640 valence electrons. The largest absolute Gasteiger partial charge is 0.501 e. The summed E-state index contributed by atoms with van der Waals surface area (Å²) >= 11 is 9.41. The van der Waals surface area contributed by atoms with Crippen molar-refractivity contribution >= 4 is 107 Å². The molecule has 7 aromatic rings. The Bertz CT molecular complexity index is 4910. The minimum Gasteiger partial charge on any atom is -0.391 e. The predicted octanol–water partition coefficient (Wildman–Crippen LogP) is 11.9. The van der Waals surface area contributed by atoms with E-state index in [1.807, 2.05) is 118 Å². The van der Waals surface area contributed by atoms with Gasteiger partial charge in [0.15, 0.2) is 11.5 Å². The van der Waals surface area contributed by atoms with Crippen LogP contribution in [0.25, 0.3) is 16.0 Å². The Labute approximate surface area is 709 Å². The highest BCUT2D eigenvalue weighted by Crippen LogP contribution is 2.45. The van der Waals surface area contributed by atoms with E-state index in [2.05, 4.69) is 80.0 Å². The molecule has 0 unspecified atom stereocenters. The van der Waals surface area contributed by atoms with E-state index in [0.29, 0.717) is 94.3 Å². The fourth-order valence-electron chi connectivity index (χ4n) is 16.1. The number of nitrogens with one attached hydrogen (secondary N) is 5. The Morgan fingerprint density at radius 1 is 0.765 bits per heavy atom. The number of aryl methyl sites for hydroxylation is 1. The first-order valence-corrected chi connectivity index (χ1v) is 46.0. The van der Waals surface area contributed by atoms with Gasteiger partial charge in [-0.05, 0) is 171 Å². The SMILES string of the molecule is Cc1ncsc1-c1ccc([C@H](C)NC(=O)[C@@H]2C[C@@H](O)CN2C(=O)[C@@H](NC(=O)CCCCCNC(=O)c2ccc(N3CCN(C[C@]4(C)CCC(c5ccc(Cl)cc5)=C(CN5CCN(c6ccc(C(=O)NS(=O)(=O)c7ccc(N[C@H](CCN8CCCOCC8)CSc8ccccc8)c(S(=O)(=O)C(F)(F)F)c7)cc6)CC5)C4)CC3)nn2)C(C)(C)C)cc1. The molecule has 4 aliphatic heterocycles. The molecule has 25 nitrogen and oxygen atoms in total. The molecule has 0 bridgehead atoms. The summed E-state index contributed by atoms with van der Waals surface area (Å²) in [5.41, 5.74) is 2.55. The molecule has 1 aliphatic carbocycles. The van der Waals surface area contributed by atoms with Gasteiger partial charge in [0.1, 0.15) is 17.0 Å². The fraction of sp³-hybridized carbons (Fsp3) is 0.488. The number of allylic oxidation sites excluding steroid dienone is 1. The monoisotopic (exact) mass is 1730 g/mol. The van der Waals surface area contributed by atoms with E-state index in [0.717, 1.165) is 135 Å². The highest BCUT2D eigenvalue weighted by molar-refractivity contribution is 7.99. The van der Waals surface area contributed by atoms with Crippen molar-refractivity contribution in [2.24, 2.45) is 10.8 Å². The lowest BCUT2D eigenvalue weighted by atomic mass is 9.71. The summed E-state index contributed by atoms with van der Waals surface area (Å²) in [5.74, 6) is -1.51. The maximum absolute atomic E-state index is 14.5. The number of piperazine rings is 2. The number of hydrogen-bond acceptors (Lipinski definition) is 22. The third kappa shape index (κ3) is 23.8. The lowest BCUT2D eigenvalue weighted by Crippen LogP contribution is -2.57. The molecule has 0 radical (unpaired) electrons. The quantitative estimate of drug-likeness (QED) is 0.0169. The van der Waals surface area contributed by atoms with E-state index < -0.39 is 82.3 Å². The second-order valence-electron chi connectivity index (χ2n) is 33.0. The maximum Gasteiger partial charge on any atom is 0.501 e. The summed E-state index contributed by atoms with van der Waals surface area (Å²) in [5, 5.41) is 32.1. The number of carbonyl (C=O) groups excluding carboxylic acids is 5. The van der Waals surface area contributed by atoms with Gasteiger partial charge in [-0.25, -0.2) is 26.5 Å². The summed E-state index contributed by atoms with van der Waals surface area (Å²) in [6, 6.07) is 34.8. The lowest BCUT2D eigenvalue weighted by molar-refractivity contribution is -0.144. The topological polar surface area (TPSA) is 301 Å². The Morgan fingerprint density at radius 2 is 1.47 bits per heavy atom. The van der Waals surface area contributed by atoms with Crippen molar-refractivity contribution in [3.63, 3.8) is 0 Å². The van der Waals surface area contributed by atoms with Gasteiger partial charge in [-0.3, -0.25) is 33.8 Å². The molecular formula is C86H108ClF3N14O11S4. The average Bonchev–Trinajstić information content (AvgIpc) is 1.42. The molecule has 33 heteroatoms. The molecule has 5 aromatic carbocycles. The summed E-state index contributed by atoms with van der Waals surface area (Å²) in [4.78, 5) is 85.6. The third-order valence-electron chi connectivity index (χ3n) is 22.9. The Balaban J connectivity index is 0.578. The van der Waals surface area contributed by atoms with Crippen LogP contribution in [-0.2, 0) is 39.0 Å². The number of rotatable bonds is 32. The number of anilines is 3. The van der Waals surface area contributed by atoms with Gasteiger partial charge >= 0.3 is 5.51 Å². The summed E-state index contributed by atoms with van der Waals surface area (Å²) in [6.07, 6.45) is 5.06. The van der Waals surface area contributed by atoms with Crippen LogP contribution in [0.3, 0.4) is 0 Å². The highest BCUT2D eigenvalue weighted by atomic mass is 35.5. The van der Waals surface area contributed by atoms with E-state index in [1.165, 1.54) is 39.9 Å². The molecule has 4 saturated heterocycles. The van der Waals surface area contributed by atoms with Gasteiger partial charge in [0.05, 0.1) is 45.4 Å². The number of thioether (sulfide) groups is 1. The van der Waals surface area contributed by atoms with Gasteiger partial charge in [0.2, 0.25) is 17.7 Å². The number of alkyl halides is 3. The van der Waals surface area contributed by atoms with Crippen molar-refractivity contribution in [1.29, 1.82) is 0 Å². The fourth-order valence-corrected chi connectivity index (χ4v) is 20.1. The number of hydrogen-bond donors (Lipinski definition) is 6. The molecule has 2 aromatic heterocycles. The van der Waals surface area contributed by atoms with Crippen LogP contribution in [0.2, 0.25) is 5.02 Å². The van der Waals surface area contributed by atoms with Crippen LogP contribution < -0.4 is 35.8 Å². The molecule has 0 spiro atoms. The maximum atomic E-state index is 14.5. The molecule has 6 N–H and O–H groups in total. The first kappa shape index (κ1) is 89.7. The van der Waals surface area contributed by atoms with Crippen LogP contribution in [0, 0.1) is 17.8 Å². The zero-order chi connectivity index (χ0) is 84.8. The summed E-state index contributed by atoms with van der Waals surface area (Å²) < 4.78 is 105. The number of ether oxygens (including phenoxy) is 1. The van der Waals surface area contributed by atoms with Crippen LogP contribution in [0.4, 0.5) is 30.4 Å². The van der Waals surface area contributed by atoms with Gasteiger partial charge in [-0.1, -0.05) is 106 Å². The van der Waals surface area contributed by atoms with Crippen LogP contribution in [0.15, 0.2) is 159 Å². The number of carbonyl (C=O) groups is 5. The first-order chi connectivity index (χ1) is 56.8. The molecule has 6 heterocycles. The number of aliphatic hydroxyl groups excluding tert-OH is 1. The normalized spacial score (nSPS) is 19.7. The van der Waals surface area contributed by atoms with Gasteiger partial charge < -0.3 is 50.7 Å². The van der Waals surface area contributed by atoms with Crippen molar-refractivity contribution in [1.82, 2.24) is 55.5 Å². The number of thiazole rings is 1. The number of likely N-dealkylation sites (tertiary alicyclic amines) is 1. The van der Waals surface area contributed by atoms with E-state index in [4.69, 9.17) is 16.3 Å². The molecule has 5 amide bonds. The zero-order valence-corrected chi connectivity index (χ0v) is 72.2. The minimum atomic E-state index is -6.12. The van der Waals surface area contributed by atoms with Crippen molar-refractivity contribution in [3.05, 3.63) is 178 Å². The number of β-amino-alcohol motifs (C(OH)–C–C–N with tert-alkyl or cyclic N) is 1. The summed E-state index contributed by atoms with van der Waals surface area (Å²) in [7, 11) is -11.0. The van der Waals surface area contributed by atoms with Gasteiger partial charge in [0, 0.05) is 151 Å². The van der Waals surface area contributed by atoms with Crippen LogP contribution in [0.1, 0.15) is 143 Å². The van der Waals surface area contributed by atoms with E-state index in [1.54, 1.807) is 29.5 Å². The third-order valence-corrected chi connectivity index (χ3v) is 28.1. The Morgan fingerprint density at radius 3 is 2.15 bits per heavy atom. The van der Waals surface area contributed by atoms with Gasteiger partial charge in [-0.15, -0.1) is 33.3 Å². The molecule has 0 saturated carbocycles. The second kappa shape index (κ2) is 40.0. The van der Waals surface area contributed by atoms with Crippen LogP contribution in [-0.4, -0.2) is 233 Å². The van der Waals surface area contributed by atoms with Crippen molar-refractivity contribution in [2.75, 3.05) is 132 Å².